The standard InChI is InChI=1S/C21H19ClFN3O.ClH/c1-21(2)9-16-18(17(27)10-21)19(14-6-5-13(23)8-15(14)22)26-20(25-16)12-4-3-7-24-11-12;/h3-8,11,19H,9-10H2,1-2H3,(H,25,26);1H. The average molecular weight is 420 g/mol. The maximum atomic E-state index is 13.5. The molecule has 0 fully saturated rings. The van der Waals surface area contributed by atoms with Crippen LogP contribution in [0.5, 0.6) is 0 Å². The normalized spacial score (nSPS) is 20.6. The summed E-state index contributed by atoms with van der Waals surface area (Å²) in [5.74, 6) is 0.269. The Morgan fingerprint density at radius 2 is 2.04 bits per heavy atom. The Kier molecular flexibility index (Phi) is 5.60. The fourth-order valence-electron chi connectivity index (χ4n) is 3.73. The lowest BCUT2D eigenvalue weighted by atomic mass is 9.73. The van der Waals surface area contributed by atoms with Gasteiger partial charge in [0.05, 0.1) is 0 Å². The van der Waals surface area contributed by atoms with Crippen molar-refractivity contribution in [3.8, 4) is 0 Å². The number of halogens is 3. The maximum absolute atomic E-state index is 13.5. The van der Waals surface area contributed by atoms with Gasteiger partial charge in [-0.15, -0.1) is 12.4 Å². The van der Waals surface area contributed by atoms with Crippen LogP contribution < -0.4 is 5.32 Å². The maximum Gasteiger partial charge on any atom is 0.163 e. The Morgan fingerprint density at radius 3 is 2.71 bits per heavy atom. The van der Waals surface area contributed by atoms with Gasteiger partial charge in [0.1, 0.15) is 17.7 Å². The third kappa shape index (κ3) is 3.82. The molecule has 2 aliphatic rings. The van der Waals surface area contributed by atoms with Gasteiger partial charge in [0.25, 0.3) is 0 Å². The fourth-order valence-corrected chi connectivity index (χ4v) is 4.00. The summed E-state index contributed by atoms with van der Waals surface area (Å²) in [6.45, 7) is 4.15. The molecule has 1 unspecified atom stereocenters. The van der Waals surface area contributed by atoms with E-state index in [9.17, 15) is 9.18 Å². The lowest BCUT2D eigenvalue weighted by Gasteiger charge is -2.37. The van der Waals surface area contributed by atoms with Crippen molar-refractivity contribution in [2.45, 2.75) is 32.7 Å². The van der Waals surface area contributed by atoms with Gasteiger partial charge >= 0.3 is 0 Å². The van der Waals surface area contributed by atoms with Crippen molar-refractivity contribution in [3.63, 3.8) is 0 Å². The molecule has 0 saturated heterocycles. The molecule has 1 atom stereocenters. The highest BCUT2D eigenvalue weighted by Crippen LogP contribution is 2.44. The molecule has 0 bridgehead atoms. The van der Waals surface area contributed by atoms with E-state index in [1.807, 2.05) is 12.1 Å². The highest BCUT2D eigenvalue weighted by Gasteiger charge is 2.40. The third-order valence-electron chi connectivity index (χ3n) is 4.91. The Bertz CT molecular complexity index is 986. The summed E-state index contributed by atoms with van der Waals surface area (Å²) in [5.41, 5.74) is 2.79. The van der Waals surface area contributed by atoms with Crippen LogP contribution in [0.25, 0.3) is 0 Å². The lowest BCUT2D eigenvalue weighted by molar-refractivity contribution is -0.118. The Labute approximate surface area is 174 Å². The van der Waals surface area contributed by atoms with Crippen LogP contribution in [0.4, 0.5) is 4.39 Å². The van der Waals surface area contributed by atoms with Gasteiger partial charge in [-0.3, -0.25) is 14.8 Å². The molecular weight excluding hydrogens is 400 g/mol. The second-order valence-electron chi connectivity index (χ2n) is 7.75. The van der Waals surface area contributed by atoms with E-state index >= 15 is 0 Å². The molecule has 1 aromatic heterocycles. The number of nitrogens with zero attached hydrogens (tertiary/aromatic N) is 2. The van der Waals surface area contributed by atoms with Gasteiger partial charge in [0.2, 0.25) is 0 Å². The second kappa shape index (κ2) is 7.64. The third-order valence-corrected chi connectivity index (χ3v) is 5.24. The van der Waals surface area contributed by atoms with Crippen LogP contribution in [0.1, 0.15) is 43.9 Å². The molecule has 0 spiro atoms. The van der Waals surface area contributed by atoms with Gasteiger partial charge in [-0.25, -0.2) is 4.39 Å². The van der Waals surface area contributed by atoms with Crippen molar-refractivity contribution >= 4 is 35.6 Å². The van der Waals surface area contributed by atoms with E-state index in [1.54, 1.807) is 18.5 Å². The Balaban J connectivity index is 0.00000225. The van der Waals surface area contributed by atoms with Crippen molar-refractivity contribution in [1.82, 2.24) is 10.3 Å². The number of aromatic nitrogens is 1. The van der Waals surface area contributed by atoms with E-state index in [4.69, 9.17) is 16.6 Å². The van der Waals surface area contributed by atoms with Gasteiger partial charge in [-0.2, -0.15) is 0 Å². The van der Waals surface area contributed by atoms with E-state index in [-0.39, 0.29) is 28.6 Å². The molecule has 7 heteroatoms. The number of pyridine rings is 1. The fraction of sp³-hybridized carbons (Fsp3) is 0.286. The number of hydrogen-bond donors (Lipinski definition) is 1. The van der Waals surface area contributed by atoms with Crippen LogP contribution in [-0.4, -0.2) is 16.6 Å². The highest BCUT2D eigenvalue weighted by atomic mass is 35.5. The summed E-state index contributed by atoms with van der Waals surface area (Å²) >= 11 is 6.32. The van der Waals surface area contributed by atoms with Crippen molar-refractivity contribution in [1.29, 1.82) is 0 Å². The molecule has 2 heterocycles. The molecule has 146 valence electrons. The number of ketones is 1. The summed E-state index contributed by atoms with van der Waals surface area (Å²) in [7, 11) is 0. The predicted octanol–water partition coefficient (Wildman–Crippen LogP) is 5.03. The minimum absolute atomic E-state index is 0. The van der Waals surface area contributed by atoms with Gasteiger partial charge in [0.15, 0.2) is 5.78 Å². The van der Waals surface area contributed by atoms with Crippen LogP contribution in [0.15, 0.2) is 59.0 Å². The molecule has 0 amide bonds. The first-order chi connectivity index (χ1) is 12.8. The van der Waals surface area contributed by atoms with Gasteiger partial charge in [-0.05, 0) is 36.1 Å². The van der Waals surface area contributed by atoms with Crippen LogP contribution >= 0.6 is 24.0 Å². The number of Topliss-reactive ketones (excluding diaryl/α,β-unsaturated/α-hetero) is 1. The van der Waals surface area contributed by atoms with E-state index in [1.165, 1.54) is 12.1 Å². The molecule has 0 saturated carbocycles. The van der Waals surface area contributed by atoms with Crippen LogP contribution in [-0.2, 0) is 4.79 Å². The van der Waals surface area contributed by atoms with Crippen molar-refractivity contribution in [2.24, 2.45) is 10.4 Å². The predicted molar refractivity (Wildman–Crippen MR) is 110 cm³/mol. The monoisotopic (exact) mass is 419 g/mol. The number of carbonyl (C=O) groups excluding carboxylic acids is 1. The molecule has 4 nitrogen and oxygen atoms in total. The molecule has 2 aromatic rings. The molecule has 0 radical (unpaired) electrons. The zero-order valence-corrected chi connectivity index (χ0v) is 17.1. The number of allylic oxidation sites excluding steroid dienone is 1. The number of aliphatic imine (C=N–C) groups is 1. The summed E-state index contributed by atoms with van der Waals surface area (Å²) in [6, 6.07) is 7.39. The van der Waals surface area contributed by atoms with E-state index < -0.39 is 11.9 Å². The van der Waals surface area contributed by atoms with Crippen molar-refractivity contribution < 1.29 is 9.18 Å². The quantitative estimate of drug-likeness (QED) is 0.742. The summed E-state index contributed by atoms with van der Waals surface area (Å²) < 4.78 is 13.5. The van der Waals surface area contributed by atoms with E-state index in [0.29, 0.717) is 23.4 Å². The first-order valence-corrected chi connectivity index (χ1v) is 9.18. The molecule has 4 rings (SSSR count). The number of nitrogens with one attached hydrogen (secondary N) is 1. The summed E-state index contributed by atoms with van der Waals surface area (Å²) in [5, 5.41) is 3.60. The molecule has 1 N–H and O–H groups in total. The molecular formula is C21H20Cl2FN3O. The first kappa shape index (κ1) is 20.5. The number of hydrogen-bond acceptors (Lipinski definition) is 4. The summed E-state index contributed by atoms with van der Waals surface area (Å²) in [6.07, 6.45) is 4.58. The van der Waals surface area contributed by atoms with Gasteiger partial charge in [-0.1, -0.05) is 31.5 Å². The average Bonchev–Trinajstić information content (AvgIpc) is 2.60. The Morgan fingerprint density at radius 1 is 1.25 bits per heavy atom. The number of benzene rings is 1. The highest BCUT2D eigenvalue weighted by molar-refractivity contribution is 6.31. The zero-order chi connectivity index (χ0) is 19.2. The second-order valence-corrected chi connectivity index (χ2v) is 8.15. The minimum Gasteiger partial charge on any atom is -0.343 e. The van der Waals surface area contributed by atoms with Gasteiger partial charge in [0, 0.05) is 46.2 Å². The molecule has 28 heavy (non-hydrogen) atoms. The first-order valence-electron chi connectivity index (χ1n) is 8.80. The van der Waals surface area contributed by atoms with Crippen molar-refractivity contribution in [3.05, 3.63) is 76.0 Å². The van der Waals surface area contributed by atoms with Crippen molar-refractivity contribution in [2.75, 3.05) is 0 Å². The van der Waals surface area contributed by atoms with Crippen LogP contribution in [0.2, 0.25) is 5.02 Å². The molecule has 1 aliphatic carbocycles. The Hall–Kier alpha value is -2.24. The number of amidine groups is 1. The number of carbonyl (C=O) groups is 1. The lowest BCUT2D eigenvalue weighted by Crippen LogP contribution is -2.39. The zero-order valence-electron chi connectivity index (χ0n) is 15.5. The van der Waals surface area contributed by atoms with Crippen LogP contribution in [0.3, 0.4) is 0 Å². The number of rotatable bonds is 2. The summed E-state index contributed by atoms with van der Waals surface area (Å²) in [4.78, 5) is 21.9. The SMILES string of the molecule is CC1(C)CC(=O)C2=C(C1)NC(c1cccnc1)=NC2c1ccc(F)cc1Cl.Cl. The van der Waals surface area contributed by atoms with E-state index in [0.717, 1.165) is 17.7 Å². The van der Waals surface area contributed by atoms with Crippen LogP contribution in [0, 0.1) is 11.2 Å². The molecule has 1 aromatic carbocycles. The minimum atomic E-state index is -0.562. The smallest absolute Gasteiger partial charge is 0.163 e. The van der Waals surface area contributed by atoms with Gasteiger partial charge < -0.3 is 5.32 Å². The largest absolute Gasteiger partial charge is 0.343 e. The molecule has 1 aliphatic heterocycles. The van der Waals surface area contributed by atoms with E-state index in [2.05, 4.69) is 24.1 Å². The topological polar surface area (TPSA) is 54.4 Å².